The summed E-state index contributed by atoms with van der Waals surface area (Å²) in [5.74, 6) is 0.917. The summed E-state index contributed by atoms with van der Waals surface area (Å²) in [5, 5.41) is 13.8. The van der Waals surface area contributed by atoms with Gasteiger partial charge in [0, 0.05) is 11.6 Å². The molecule has 0 aromatic rings. The third kappa shape index (κ3) is 4.46. The smallest absolute Gasteiger partial charge is 0.0613 e. The Labute approximate surface area is 119 Å². The molecule has 2 fully saturated rings. The first kappa shape index (κ1) is 15.3. The first-order chi connectivity index (χ1) is 9.28. The highest BCUT2D eigenvalue weighted by Gasteiger charge is 2.35. The molecule has 112 valence electrons. The van der Waals surface area contributed by atoms with E-state index in [4.69, 9.17) is 0 Å². The van der Waals surface area contributed by atoms with Gasteiger partial charge in [-0.15, -0.1) is 0 Å². The number of hydrogen-bond donors (Lipinski definition) is 2. The molecule has 0 amide bonds. The second-order valence-corrected chi connectivity index (χ2v) is 7.00. The van der Waals surface area contributed by atoms with Gasteiger partial charge in [0.15, 0.2) is 0 Å². The molecule has 2 aliphatic rings. The molecule has 2 heteroatoms. The van der Waals surface area contributed by atoms with Crippen molar-refractivity contribution in [1.82, 2.24) is 5.32 Å². The predicted molar refractivity (Wildman–Crippen MR) is 81.3 cm³/mol. The standard InChI is InChI=1S/C17H33NO/c1-2-7-15-10-12-17(14-19,13-11-15)18-16-8-5-3-4-6-9-16/h15-16,18-19H,2-14H2,1H3. The predicted octanol–water partition coefficient (Wildman–Crippen LogP) is 4.02. The second kappa shape index (κ2) is 7.64. The van der Waals surface area contributed by atoms with Crippen LogP contribution in [0.15, 0.2) is 0 Å². The fraction of sp³-hybridized carbons (Fsp3) is 1.00. The van der Waals surface area contributed by atoms with Crippen molar-refractivity contribution in [3.63, 3.8) is 0 Å². The summed E-state index contributed by atoms with van der Waals surface area (Å²) in [5.41, 5.74) is 0.0548. The van der Waals surface area contributed by atoms with Crippen molar-refractivity contribution >= 4 is 0 Å². The Bertz CT molecular complexity index is 238. The SMILES string of the molecule is CCCC1CCC(CO)(NC2CCCCCC2)CC1. The normalized spacial score (nSPS) is 34.1. The molecule has 2 saturated carbocycles. The maximum absolute atomic E-state index is 9.90. The molecule has 2 nitrogen and oxygen atoms in total. The summed E-state index contributed by atoms with van der Waals surface area (Å²) in [6.45, 7) is 2.63. The highest BCUT2D eigenvalue weighted by Crippen LogP contribution is 2.35. The molecule has 2 aliphatic carbocycles. The molecule has 0 heterocycles. The van der Waals surface area contributed by atoms with Crippen LogP contribution in [0.3, 0.4) is 0 Å². The monoisotopic (exact) mass is 267 g/mol. The number of aliphatic hydroxyl groups excluding tert-OH is 1. The minimum atomic E-state index is 0.0548. The van der Waals surface area contributed by atoms with Crippen LogP contribution in [0.1, 0.15) is 84.0 Å². The van der Waals surface area contributed by atoms with E-state index >= 15 is 0 Å². The molecule has 19 heavy (non-hydrogen) atoms. The van der Waals surface area contributed by atoms with Crippen LogP contribution in [-0.2, 0) is 0 Å². The zero-order valence-corrected chi connectivity index (χ0v) is 12.8. The van der Waals surface area contributed by atoms with E-state index in [2.05, 4.69) is 12.2 Å². The van der Waals surface area contributed by atoms with Crippen molar-refractivity contribution in [2.45, 2.75) is 95.6 Å². The first-order valence-corrected chi connectivity index (χ1v) is 8.66. The molecule has 0 radical (unpaired) electrons. The van der Waals surface area contributed by atoms with E-state index in [0.29, 0.717) is 12.6 Å². The van der Waals surface area contributed by atoms with Gasteiger partial charge in [-0.25, -0.2) is 0 Å². The maximum Gasteiger partial charge on any atom is 0.0613 e. The zero-order chi connectivity index (χ0) is 13.6. The maximum atomic E-state index is 9.90. The van der Waals surface area contributed by atoms with Crippen molar-refractivity contribution in [2.24, 2.45) is 5.92 Å². The molecule has 0 aromatic heterocycles. The Morgan fingerprint density at radius 3 is 2.16 bits per heavy atom. The lowest BCUT2D eigenvalue weighted by molar-refractivity contribution is 0.0865. The van der Waals surface area contributed by atoms with E-state index in [0.717, 1.165) is 5.92 Å². The lowest BCUT2D eigenvalue weighted by Gasteiger charge is -2.42. The van der Waals surface area contributed by atoms with Gasteiger partial charge in [-0.1, -0.05) is 45.4 Å². The lowest BCUT2D eigenvalue weighted by atomic mass is 9.75. The van der Waals surface area contributed by atoms with E-state index in [1.807, 2.05) is 0 Å². The van der Waals surface area contributed by atoms with Crippen LogP contribution in [-0.4, -0.2) is 23.3 Å². The Morgan fingerprint density at radius 2 is 1.63 bits per heavy atom. The minimum Gasteiger partial charge on any atom is -0.394 e. The van der Waals surface area contributed by atoms with Gasteiger partial charge in [0.05, 0.1) is 6.61 Å². The number of hydrogen-bond acceptors (Lipinski definition) is 2. The summed E-state index contributed by atoms with van der Waals surface area (Å²) in [6, 6.07) is 0.664. The van der Waals surface area contributed by atoms with Crippen LogP contribution in [0.5, 0.6) is 0 Å². The van der Waals surface area contributed by atoms with E-state index in [9.17, 15) is 5.11 Å². The second-order valence-electron chi connectivity index (χ2n) is 7.00. The summed E-state index contributed by atoms with van der Waals surface area (Å²) in [6.07, 6.45) is 15.9. The summed E-state index contributed by atoms with van der Waals surface area (Å²) in [7, 11) is 0. The third-order valence-electron chi connectivity index (χ3n) is 5.43. The fourth-order valence-corrected chi connectivity index (χ4v) is 4.13. The van der Waals surface area contributed by atoms with Crippen molar-refractivity contribution in [3.05, 3.63) is 0 Å². The van der Waals surface area contributed by atoms with Crippen molar-refractivity contribution in [3.8, 4) is 0 Å². The summed E-state index contributed by atoms with van der Waals surface area (Å²) >= 11 is 0. The molecule has 2 N–H and O–H groups in total. The quantitative estimate of drug-likeness (QED) is 0.737. The van der Waals surface area contributed by atoms with E-state index in [1.54, 1.807) is 0 Å². The van der Waals surface area contributed by atoms with Crippen molar-refractivity contribution < 1.29 is 5.11 Å². The van der Waals surface area contributed by atoms with E-state index in [-0.39, 0.29) is 5.54 Å². The van der Waals surface area contributed by atoms with Gasteiger partial charge in [0.2, 0.25) is 0 Å². The molecule has 0 atom stereocenters. The van der Waals surface area contributed by atoms with Gasteiger partial charge in [-0.2, -0.15) is 0 Å². The van der Waals surface area contributed by atoms with Gasteiger partial charge in [0.25, 0.3) is 0 Å². The zero-order valence-electron chi connectivity index (χ0n) is 12.8. The highest BCUT2D eigenvalue weighted by atomic mass is 16.3. The van der Waals surface area contributed by atoms with E-state index < -0.39 is 0 Å². The molecule has 0 unspecified atom stereocenters. The fourth-order valence-electron chi connectivity index (χ4n) is 4.13. The lowest BCUT2D eigenvalue weighted by Crippen LogP contribution is -2.54. The van der Waals surface area contributed by atoms with Crippen LogP contribution < -0.4 is 5.32 Å². The highest BCUT2D eigenvalue weighted by molar-refractivity contribution is 4.94. The summed E-state index contributed by atoms with van der Waals surface area (Å²) < 4.78 is 0. The van der Waals surface area contributed by atoms with Gasteiger partial charge in [0.1, 0.15) is 0 Å². The van der Waals surface area contributed by atoms with Crippen LogP contribution in [0.2, 0.25) is 0 Å². The van der Waals surface area contributed by atoms with Gasteiger partial charge >= 0.3 is 0 Å². The Hall–Kier alpha value is -0.0800. The third-order valence-corrected chi connectivity index (χ3v) is 5.43. The van der Waals surface area contributed by atoms with E-state index in [1.165, 1.54) is 77.0 Å². The molecular formula is C17H33NO. The molecule has 0 saturated heterocycles. The number of aliphatic hydroxyl groups is 1. The van der Waals surface area contributed by atoms with Crippen LogP contribution in [0.4, 0.5) is 0 Å². The Morgan fingerprint density at radius 1 is 1.00 bits per heavy atom. The van der Waals surface area contributed by atoms with Crippen molar-refractivity contribution in [1.29, 1.82) is 0 Å². The first-order valence-electron chi connectivity index (χ1n) is 8.66. The largest absolute Gasteiger partial charge is 0.394 e. The molecule has 0 spiro atoms. The number of nitrogens with one attached hydrogen (secondary N) is 1. The van der Waals surface area contributed by atoms with Gasteiger partial charge in [-0.05, 0) is 44.4 Å². The number of rotatable bonds is 5. The Kier molecular flexibility index (Phi) is 6.15. The molecular weight excluding hydrogens is 234 g/mol. The molecule has 0 aliphatic heterocycles. The van der Waals surface area contributed by atoms with Crippen LogP contribution in [0, 0.1) is 5.92 Å². The average molecular weight is 267 g/mol. The Balaban J connectivity index is 1.84. The van der Waals surface area contributed by atoms with Crippen LogP contribution >= 0.6 is 0 Å². The molecule has 2 rings (SSSR count). The molecule has 0 bridgehead atoms. The topological polar surface area (TPSA) is 32.3 Å². The minimum absolute atomic E-state index is 0.0548. The van der Waals surface area contributed by atoms with Crippen molar-refractivity contribution in [2.75, 3.05) is 6.61 Å². The molecule has 0 aromatic carbocycles. The van der Waals surface area contributed by atoms with Gasteiger partial charge < -0.3 is 10.4 Å². The van der Waals surface area contributed by atoms with Crippen LogP contribution in [0.25, 0.3) is 0 Å². The summed E-state index contributed by atoms with van der Waals surface area (Å²) in [4.78, 5) is 0. The van der Waals surface area contributed by atoms with Gasteiger partial charge in [-0.3, -0.25) is 0 Å². The average Bonchev–Trinajstić information content (AvgIpc) is 2.70.